The molecule has 1 amide bonds. The van der Waals surface area contributed by atoms with Crippen LogP contribution in [0.1, 0.15) is 5.69 Å². The predicted molar refractivity (Wildman–Crippen MR) is 80.9 cm³/mol. The third-order valence-corrected chi connectivity index (χ3v) is 4.11. The zero-order valence-electron chi connectivity index (χ0n) is 12.0. The van der Waals surface area contributed by atoms with Crippen molar-refractivity contribution in [2.45, 2.75) is 6.42 Å². The Morgan fingerprint density at radius 2 is 2.05 bits per heavy atom. The second-order valence-electron chi connectivity index (χ2n) is 4.97. The van der Waals surface area contributed by atoms with E-state index in [1.165, 1.54) is 11.3 Å². The molecule has 0 N–H and O–H groups in total. The number of hydrogen-bond donors (Lipinski definition) is 0. The molecular formula is C15H16N2O3S. The highest BCUT2D eigenvalue weighted by Crippen LogP contribution is 2.35. The molecule has 0 saturated carbocycles. The highest BCUT2D eigenvalue weighted by atomic mass is 32.1. The van der Waals surface area contributed by atoms with Crippen molar-refractivity contribution in [3.8, 4) is 22.1 Å². The molecule has 21 heavy (non-hydrogen) atoms. The Morgan fingerprint density at radius 3 is 2.81 bits per heavy atom. The first kappa shape index (κ1) is 13.9. The minimum Gasteiger partial charge on any atom is -0.486 e. The van der Waals surface area contributed by atoms with Gasteiger partial charge in [0.05, 0.1) is 12.1 Å². The summed E-state index contributed by atoms with van der Waals surface area (Å²) in [6.07, 6.45) is 0.327. The number of likely N-dealkylation sites (N-methyl/N-ethyl adjacent to an activating group) is 1. The number of carbonyl (C=O) groups excluding carboxylic acids is 1. The molecule has 0 aliphatic carbocycles. The van der Waals surface area contributed by atoms with Crippen molar-refractivity contribution in [1.29, 1.82) is 0 Å². The Bertz CT molecular complexity index is 667. The molecule has 1 aromatic carbocycles. The van der Waals surface area contributed by atoms with E-state index in [0.717, 1.165) is 27.8 Å². The lowest BCUT2D eigenvalue weighted by Gasteiger charge is -2.18. The summed E-state index contributed by atoms with van der Waals surface area (Å²) in [7, 11) is 3.49. The number of fused-ring (bicyclic) bond motifs is 1. The standard InChI is InChI=1S/C15H16N2O3S/c1-17(2)14(18)8-11-9-21-15(16-11)10-3-4-12-13(7-10)20-6-5-19-12/h3-4,7,9H,5-6,8H2,1-2H3. The van der Waals surface area contributed by atoms with Gasteiger partial charge in [-0.2, -0.15) is 0 Å². The van der Waals surface area contributed by atoms with E-state index in [0.29, 0.717) is 19.6 Å². The molecule has 1 aromatic heterocycles. The minimum atomic E-state index is 0.0500. The van der Waals surface area contributed by atoms with Crippen LogP contribution in [-0.2, 0) is 11.2 Å². The molecule has 6 heteroatoms. The van der Waals surface area contributed by atoms with E-state index in [9.17, 15) is 4.79 Å². The Hall–Kier alpha value is -2.08. The number of carbonyl (C=O) groups is 1. The summed E-state index contributed by atoms with van der Waals surface area (Å²) < 4.78 is 11.1. The van der Waals surface area contributed by atoms with E-state index in [4.69, 9.17) is 9.47 Å². The zero-order chi connectivity index (χ0) is 14.8. The van der Waals surface area contributed by atoms with Crippen molar-refractivity contribution >= 4 is 17.2 Å². The summed E-state index contributed by atoms with van der Waals surface area (Å²) >= 11 is 1.53. The van der Waals surface area contributed by atoms with E-state index in [1.807, 2.05) is 23.6 Å². The quantitative estimate of drug-likeness (QED) is 0.872. The number of nitrogens with zero attached hydrogens (tertiary/aromatic N) is 2. The fourth-order valence-corrected chi connectivity index (χ4v) is 2.83. The molecule has 2 heterocycles. The highest BCUT2D eigenvalue weighted by Gasteiger charge is 2.15. The molecule has 2 aromatic rings. The van der Waals surface area contributed by atoms with Gasteiger partial charge >= 0.3 is 0 Å². The van der Waals surface area contributed by atoms with Crippen LogP contribution in [0, 0.1) is 0 Å². The Kier molecular flexibility index (Phi) is 3.79. The normalized spacial score (nSPS) is 13.0. The topological polar surface area (TPSA) is 51.7 Å². The maximum atomic E-state index is 11.7. The van der Waals surface area contributed by atoms with Crippen molar-refractivity contribution < 1.29 is 14.3 Å². The lowest BCUT2D eigenvalue weighted by molar-refractivity contribution is -0.128. The van der Waals surface area contributed by atoms with Gasteiger partial charge in [-0.1, -0.05) is 0 Å². The first-order chi connectivity index (χ1) is 10.1. The lowest BCUT2D eigenvalue weighted by Crippen LogP contribution is -2.23. The van der Waals surface area contributed by atoms with Crippen LogP contribution in [0.4, 0.5) is 0 Å². The first-order valence-corrected chi connectivity index (χ1v) is 7.56. The van der Waals surface area contributed by atoms with E-state index in [2.05, 4.69) is 4.98 Å². The average molecular weight is 304 g/mol. The highest BCUT2D eigenvalue weighted by molar-refractivity contribution is 7.13. The molecule has 1 aliphatic heterocycles. The van der Waals surface area contributed by atoms with E-state index in [1.54, 1.807) is 19.0 Å². The predicted octanol–water partition coefficient (Wildman–Crippen LogP) is 2.21. The Labute approximate surface area is 127 Å². The van der Waals surface area contributed by atoms with E-state index < -0.39 is 0 Å². The molecule has 0 bridgehead atoms. The van der Waals surface area contributed by atoms with Crippen LogP contribution >= 0.6 is 11.3 Å². The van der Waals surface area contributed by atoms with Gasteiger partial charge in [0.15, 0.2) is 11.5 Å². The zero-order valence-corrected chi connectivity index (χ0v) is 12.8. The maximum Gasteiger partial charge on any atom is 0.228 e. The summed E-state index contributed by atoms with van der Waals surface area (Å²) in [5.41, 5.74) is 1.77. The summed E-state index contributed by atoms with van der Waals surface area (Å²) in [5, 5.41) is 2.81. The van der Waals surface area contributed by atoms with Crippen LogP contribution in [0.3, 0.4) is 0 Å². The molecule has 5 nitrogen and oxygen atoms in total. The van der Waals surface area contributed by atoms with Crippen molar-refractivity contribution in [3.63, 3.8) is 0 Å². The number of hydrogen-bond acceptors (Lipinski definition) is 5. The SMILES string of the molecule is CN(C)C(=O)Cc1csc(-c2ccc3c(c2)OCCO3)n1. The van der Waals surface area contributed by atoms with Crippen LogP contribution in [0.15, 0.2) is 23.6 Å². The van der Waals surface area contributed by atoms with Crippen molar-refractivity contribution in [2.24, 2.45) is 0 Å². The molecule has 0 saturated heterocycles. The molecule has 1 aliphatic rings. The molecule has 0 fully saturated rings. The van der Waals surface area contributed by atoms with Crippen molar-refractivity contribution in [2.75, 3.05) is 27.3 Å². The summed E-state index contributed by atoms with van der Waals surface area (Å²) in [6.45, 7) is 1.15. The summed E-state index contributed by atoms with van der Waals surface area (Å²) in [6, 6.07) is 5.80. The van der Waals surface area contributed by atoms with Gasteiger partial charge in [-0.15, -0.1) is 11.3 Å². The lowest BCUT2D eigenvalue weighted by atomic mass is 10.2. The van der Waals surface area contributed by atoms with Gasteiger partial charge in [-0.05, 0) is 18.2 Å². The number of rotatable bonds is 3. The molecule has 0 unspecified atom stereocenters. The molecule has 0 atom stereocenters. The van der Waals surface area contributed by atoms with E-state index >= 15 is 0 Å². The van der Waals surface area contributed by atoms with Gasteiger partial charge in [-0.25, -0.2) is 4.98 Å². The van der Waals surface area contributed by atoms with Crippen molar-refractivity contribution in [1.82, 2.24) is 9.88 Å². The monoisotopic (exact) mass is 304 g/mol. The number of amides is 1. The van der Waals surface area contributed by atoms with Gasteiger partial charge in [0.1, 0.15) is 18.2 Å². The minimum absolute atomic E-state index is 0.0500. The summed E-state index contributed by atoms with van der Waals surface area (Å²) in [5.74, 6) is 1.57. The van der Waals surface area contributed by atoms with Crippen LogP contribution in [0.25, 0.3) is 10.6 Å². The second kappa shape index (κ2) is 5.73. The number of ether oxygens (including phenoxy) is 2. The van der Waals surface area contributed by atoms with Gasteiger partial charge in [0.25, 0.3) is 0 Å². The maximum absolute atomic E-state index is 11.7. The van der Waals surface area contributed by atoms with Crippen LogP contribution in [0.2, 0.25) is 0 Å². The molecule has 0 radical (unpaired) electrons. The fourth-order valence-electron chi connectivity index (χ4n) is 2.01. The van der Waals surface area contributed by atoms with Crippen molar-refractivity contribution in [3.05, 3.63) is 29.3 Å². The average Bonchev–Trinajstić information content (AvgIpc) is 2.95. The van der Waals surface area contributed by atoms with Gasteiger partial charge in [-0.3, -0.25) is 4.79 Å². The van der Waals surface area contributed by atoms with Crippen LogP contribution in [-0.4, -0.2) is 43.1 Å². The Morgan fingerprint density at radius 1 is 1.29 bits per heavy atom. The molecule has 110 valence electrons. The van der Waals surface area contributed by atoms with Crippen LogP contribution < -0.4 is 9.47 Å². The van der Waals surface area contributed by atoms with Crippen LogP contribution in [0.5, 0.6) is 11.5 Å². The second-order valence-corrected chi connectivity index (χ2v) is 5.83. The number of benzene rings is 1. The third-order valence-electron chi connectivity index (χ3n) is 3.17. The molecule has 3 rings (SSSR count). The van der Waals surface area contributed by atoms with Gasteiger partial charge < -0.3 is 14.4 Å². The molecule has 0 spiro atoms. The Balaban J connectivity index is 1.81. The largest absolute Gasteiger partial charge is 0.486 e. The molecular weight excluding hydrogens is 288 g/mol. The third kappa shape index (κ3) is 3.00. The number of thiazole rings is 1. The first-order valence-electron chi connectivity index (χ1n) is 6.68. The van der Waals surface area contributed by atoms with Gasteiger partial charge in [0.2, 0.25) is 5.91 Å². The van der Waals surface area contributed by atoms with Gasteiger partial charge in [0, 0.05) is 25.0 Å². The van der Waals surface area contributed by atoms with E-state index in [-0.39, 0.29) is 5.91 Å². The smallest absolute Gasteiger partial charge is 0.228 e. The summed E-state index contributed by atoms with van der Waals surface area (Å²) in [4.78, 5) is 17.8. The number of aromatic nitrogens is 1. The fraction of sp³-hybridized carbons (Fsp3) is 0.333.